The third-order valence-corrected chi connectivity index (χ3v) is 2.36. The van der Waals surface area contributed by atoms with E-state index < -0.39 is 0 Å². The van der Waals surface area contributed by atoms with E-state index in [-0.39, 0.29) is 0 Å². The van der Waals surface area contributed by atoms with Crippen LogP contribution in [-0.4, -0.2) is 5.26 Å². The van der Waals surface area contributed by atoms with Gasteiger partial charge in [-0.25, -0.2) is 5.26 Å². The summed E-state index contributed by atoms with van der Waals surface area (Å²) < 4.78 is 0. The van der Waals surface area contributed by atoms with Gasteiger partial charge in [0.2, 0.25) is 0 Å². The molecular formula is C10H16O2. The Bertz CT molecular complexity index is 224. The van der Waals surface area contributed by atoms with Crippen LogP contribution in [0, 0.1) is 5.92 Å². The molecule has 0 heterocycles. The van der Waals surface area contributed by atoms with Crippen molar-refractivity contribution in [1.29, 1.82) is 0 Å². The van der Waals surface area contributed by atoms with Crippen LogP contribution in [0.2, 0.25) is 0 Å². The highest BCUT2D eigenvalue weighted by Gasteiger charge is 2.14. The molecular weight excluding hydrogens is 152 g/mol. The third-order valence-electron chi connectivity index (χ3n) is 2.36. The summed E-state index contributed by atoms with van der Waals surface area (Å²) in [6.07, 6.45) is 3.89. The number of allylic oxidation sites excluding steroid dienone is 3. The second-order valence-electron chi connectivity index (χ2n) is 3.61. The molecule has 0 aromatic rings. The molecule has 0 saturated heterocycles. The fraction of sp³-hybridized carbons (Fsp3) is 0.600. The minimum absolute atomic E-state index is 0.545. The van der Waals surface area contributed by atoms with Crippen molar-refractivity contribution < 1.29 is 10.1 Å². The van der Waals surface area contributed by atoms with E-state index >= 15 is 0 Å². The van der Waals surface area contributed by atoms with E-state index in [4.69, 9.17) is 5.26 Å². The van der Waals surface area contributed by atoms with Crippen LogP contribution in [0.1, 0.15) is 33.6 Å². The van der Waals surface area contributed by atoms with E-state index in [0.29, 0.717) is 5.92 Å². The zero-order chi connectivity index (χ0) is 9.14. The van der Waals surface area contributed by atoms with Gasteiger partial charge >= 0.3 is 0 Å². The van der Waals surface area contributed by atoms with Crippen molar-refractivity contribution in [2.75, 3.05) is 0 Å². The van der Waals surface area contributed by atoms with Gasteiger partial charge in [0.1, 0.15) is 5.76 Å². The van der Waals surface area contributed by atoms with Gasteiger partial charge in [0.25, 0.3) is 0 Å². The van der Waals surface area contributed by atoms with E-state index in [2.05, 4.69) is 24.8 Å². The summed E-state index contributed by atoms with van der Waals surface area (Å²) in [5, 5.41) is 8.58. The molecule has 0 saturated carbocycles. The first-order chi connectivity index (χ1) is 5.65. The van der Waals surface area contributed by atoms with E-state index in [0.717, 1.165) is 24.2 Å². The van der Waals surface area contributed by atoms with Crippen molar-refractivity contribution >= 4 is 0 Å². The molecule has 1 aliphatic carbocycles. The molecule has 12 heavy (non-hydrogen) atoms. The van der Waals surface area contributed by atoms with Crippen molar-refractivity contribution in [3.8, 4) is 0 Å². The van der Waals surface area contributed by atoms with Crippen LogP contribution in [0.4, 0.5) is 0 Å². The molecule has 0 aliphatic heterocycles. The van der Waals surface area contributed by atoms with Gasteiger partial charge in [0.15, 0.2) is 0 Å². The molecule has 0 bridgehead atoms. The predicted molar refractivity (Wildman–Crippen MR) is 48.6 cm³/mol. The molecule has 1 N–H and O–H groups in total. The van der Waals surface area contributed by atoms with Gasteiger partial charge in [-0.05, 0) is 24.8 Å². The van der Waals surface area contributed by atoms with Crippen molar-refractivity contribution in [2.45, 2.75) is 33.6 Å². The summed E-state index contributed by atoms with van der Waals surface area (Å²) in [6, 6.07) is 0. The van der Waals surface area contributed by atoms with Crippen LogP contribution in [-0.2, 0) is 4.89 Å². The molecule has 0 fully saturated rings. The summed E-state index contributed by atoms with van der Waals surface area (Å²) in [5.74, 6) is 1.27. The SMILES string of the molecule is CC1=C(OO)CC(C(C)C)=CC1. The van der Waals surface area contributed by atoms with Crippen molar-refractivity contribution in [1.82, 2.24) is 0 Å². The second kappa shape index (κ2) is 3.76. The first-order valence-electron chi connectivity index (χ1n) is 4.34. The molecule has 0 aromatic heterocycles. The quantitative estimate of drug-likeness (QED) is 0.390. The van der Waals surface area contributed by atoms with Crippen LogP contribution in [0.5, 0.6) is 0 Å². The predicted octanol–water partition coefficient (Wildman–Crippen LogP) is 3.13. The Kier molecular flexibility index (Phi) is 2.93. The molecule has 0 aromatic carbocycles. The van der Waals surface area contributed by atoms with E-state index in [9.17, 15) is 0 Å². The maximum atomic E-state index is 8.58. The molecule has 68 valence electrons. The molecule has 1 aliphatic rings. The molecule has 2 heteroatoms. The van der Waals surface area contributed by atoms with Gasteiger partial charge in [-0.2, -0.15) is 0 Å². The smallest absolute Gasteiger partial charge is 0.145 e. The Hall–Kier alpha value is -0.760. The minimum Gasteiger partial charge on any atom is -0.344 e. The maximum Gasteiger partial charge on any atom is 0.145 e. The van der Waals surface area contributed by atoms with Gasteiger partial charge < -0.3 is 4.89 Å². The number of hydrogen-bond acceptors (Lipinski definition) is 2. The average Bonchev–Trinajstić information content (AvgIpc) is 2.05. The highest BCUT2D eigenvalue weighted by Crippen LogP contribution is 2.28. The lowest BCUT2D eigenvalue weighted by Crippen LogP contribution is -2.04. The largest absolute Gasteiger partial charge is 0.344 e. The Balaban J connectivity index is 2.69. The number of hydrogen-bond donors (Lipinski definition) is 1. The van der Waals surface area contributed by atoms with E-state index in [1.54, 1.807) is 0 Å². The lowest BCUT2D eigenvalue weighted by atomic mass is 9.91. The first-order valence-corrected chi connectivity index (χ1v) is 4.34. The summed E-state index contributed by atoms with van der Waals surface area (Å²) in [5.41, 5.74) is 2.48. The van der Waals surface area contributed by atoms with E-state index in [1.807, 2.05) is 6.92 Å². The third kappa shape index (κ3) is 1.89. The molecule has 1 rings (SSSR count). The van der Waals surface area contributed by atoms with Crippen LogP contribution < -0.4 is 0 Å². The Morgan fingerprint density at radius 3 is 2.67 bits per heavy atom. The maximum absolute atomic E-state index is 8.58. The van der Waals surface area contributed by atoms with Crippen molar-refractivity contribution in [3.05, 3.63) is 23.0 Å². The lowest BCUT2D eigenvalue weighted by Gasteiger charge is -2.18. The highest BCUT2D eigenvalue weighted by molar-refractivity contribution is 5.25. The summed E-state index contributed by atoms with van der Waals surface area (Å²) in [7, 11) is 0. The highest BCUT2D eigenvalue weighted by atomic mass is 17.1. The lowest BCUT2D eigenvalue weighted by molar-refractivity contribution is -0.206. The average molecular weight is 168 g/mol. The van der Waals surface area contributed by atoms with Gasteiger partial charge in [0, 0.05) is 6.42 Å². The molecule has 2 nitrogen and oxygen atoms in total. The zero-order valence-electron chi connectivity index (χ0n) is 7.92. The summed E-state index contributed by atoms with van der Waals surface area (Å²) in [6.45, 7) is 6.29. The van der Waals surface area contributed by atoms with Crippen LogP contribution in [0.25, 0.3) is 0 Å². The summed E-state index contributed by atoms with van der Waals surface area (Å²) >= 11 is 0. The molecule has 0 spiro atoms. The zero-order valence-corrected chi connectivity index (χ0v) is 7.92. The Labute approximate surface area is 73.5 Å². The van der Waals surface area contributed by atoms with Crippen molar-refractivity contribution in [2.24, 2.45) is 5.92 Å². The fourth-order valence-electron chi connectivity index (χ4n) is 1.36. The molecule has 0 amide bonds. The minimum atomic E-state index is 0.545. The topological polar surface area (TPSA) is 29.5 Å². The fourth-order valence-corrected chi connectivity index (χ4v) is 1.36. The molecule has 0 radical (unpaired) electrons. The Morgan fingerprint density at radius 2 is 2.17 bits per heavy atom. The van der Waals surface area contributed by atoms with Crippen LogP contribution in [0.15, 0.2) is 23.0 Å². The monoisotopic (exact) mass is 168 g/mol. The second-order valence-corrected chi connectivity index (χ2v) is 3.61. The first kappa shape index (κ1) is 9.33. The van der Waals surface area contributed by atoms with Crippen molar-refractivity contribution in [3.63, 3.8) is 0 Å². The van der Waals surface area contributed by atoms with Gasteiger partial charge in [0.05, 0.1) is 0 Å². The standard InChI is InChI=1S/C10H16O2/c1-7(2)9-5-4-8(3)10(6-9)12-11/h5,7,11H,4,6H2,1-3H3. The van der Waals surface area contributed by atoms with Crippen LogP contribution in [0.3, 0.4) is 0 Å². The number of rotatable bonds is 2. The van der Waals surface area contributed by atoms with Gasteiger partial charge in [-0.3, -0.25) is 0 Å². The Morgan fingerprint density at radius 1 is 1.50 bits per heavy atom. The normalized spacial score (nSPS) is 18.2. The molecule has 0 unspecified atom stereocenters. The summed E-state index contributed by atoms with van der Waals surface area (Å²) in [4.78, 5) is 4.32. The van der Waals surface area contributed by atoms with Crippen LogP contribution >= 0.6 is 0 Å². The van der Waals surface area contributed by atoms with Gasteiger partial charge in [-0.1, -0.05) is 25.5 Å². The van der Waals surface area contributed by atoms with E-state index in [1.165, 1.54) is 5.57 Å². The molecule has 0 atom stereocenters. The van der Waals surface area contributed by atoms with Gasteiger partial charge in [-0.15, -0.1) is 0 Å².